The van der Waals surface area contributed by atoms with Crippen LogP contribution < -0.4 is 24.8 Å². The quantitative estimate of drug-likeness (QED) is 0.736. The van der Waals surface area contributed by atoms with Gasteiger partial charge in [0.2, 0.25) is 0 Å². The molecule has 0 saturated heterocycles. The highest BCUT2D eigenvalue weighted by atomic mass is 32.1. The lowest BCUT2D eigenvalue weighted by Gasteiger charge is -2.16. The molecule has 2 aromatic rings. The summed E-state index contributed by atoms with van der Waals surface area (Å²) >= 11 is 5.30. The van der Waals surface area contributed by atoms with Gasteiger partial charge in [-0.1, -0.05) is 0 Å². The number of rotatable bonds is 6. The number of hydrogen-bond acceptors (Lipinski definition) is 4. The van der Waals surface area contributed by atoms with Crippen molar-refractivity contribution in [2.75, 3.05) is 24.9 Å². The van der Waals surface area contributed by atoms with Crippen LogP contribution in [-0.4, -0.2) is 25.9 Å². The van der Waals surface area contributed by atoms with Crippen LogP contribution in [0.5, 0.6) is 17.2 Å². The van der Waals surface area contributed by atoms with Crippen LogP contribution in [0.15, 0.2) is 36.4 Å². The first-order chi connectivity index (χ1) is 11.9. The van der Waals surface area contributed by atoms with Gasteiger partial charge in [0.25, 0.3) is 0 Å². The number of anilines is 2. The predicted molar refractivity (Wildman–Crippen MR) is 97.2 cm³/mol. The van der Waals surface area contributed by atoms with Crippen molar-refractivity contribution in [3.8, 4) is 17.2 Å². The fraction of sp³-hybridized carbons (Fsp3) is 0.235. The summed E-state index contributed by atoms with van der Waals surface area (Å²) in [5.41, 5.74) is 2.01. The summed E-state index contributed by atoms with van der Waals surface area (Å²) in [7, 11) is 3.11. The molecule has 2 N–H and O–H groups in total. The maximum Gasteiger partial charge on any atom is 0.387 e. The Morgan fingerprint density at radius 3 is 2.24 bits per heavy atom. The smallest absolute Gasteiger partial charge is 0.387 e. The molecule has 0 heterocycles. The molecule has 0 aromatic heterocycles. The zero-order valence-corrected chi connectivity index (χ0v) is 14.7. The first-order valence-electron chi connectivity index (χ1n) is 7.28. The zero-order valence-electron chi connectivity index (χ0n) is 13.9. The molecular weight excluding hydrogens is 350 g/mol. The average molecular weight is 368 g/mol. The number of alkyl halides is 2. The van der Waals surface area contributed by atoms with E-state index in [4.69, 9.17) is 21.7 Å². The second kappa shape index (κ2) is 8.48. The van der Waals surface area contributed by atoms with E-state index in [9.17, 15) is 8.78 Å². The van der Waals surface area contributed by atoms with Crippen LogP contribution in [0.3, 0.4) is 0 Å². The van der Waals surface area contributed by atoms with Crippen molar-refractivity contribution in [1.82, 2.24) is 0 Å². The van der Waals surface area contributed by atoms with Gasteiger partial charge in [0, 0.05) is 11.8 Å². The summed E-state index contributed by atoms with van der Waals surface area (Å²) < 4.78 is 39.3. The molecule has 25 heavy (non-hydrogen) atoms. The lowest BCUT2D eigenvalue weighted by molar-refractivity contribution is -0.0498. The van der Waals surface area contributed by atoms with E-state index >= 15 is 0 Å². The monoisotopic (exact) mass is 368 g/mol. The third-order valence-electron chi connectivity index (χ3n) is 3.33. The zero-order chi connectivity index (χ0) is 18.4. The molecular formula is C17H18F2N2O3S. The van der Waals surface area contributed by atoms with E-state index in [1.807, 2.05) is 0 Å². The normalized spacial score (nSPS) is 10.3. The number of halogens is 2. The fourth-order valence-electron chi connectivity index (χ4n) is 2.14. The van der Waals surface area contributed by atoms with Gasteiger partial charge in [0.05, 0.1) is 19.9 Å². The standard InChI is InChI=1S/C17H18F2N2O3S/c1-10-8-12(24-16(18)19)4-6-13(10)20-17(25)21-14-9-11(22-2)5-7-15(14)23-3/h4-9,16H,1-3H3,(H2,20,21,25). The van der Waals surface area contributed by atoms with Crippen LogP contribution in [0, 0.1) is 6.92 Å². The molecule has 0 aliphatic rings. The largest absolute Gasteiger partial charge is 0.497 e. The number of aryl methyl sites for hydroxylation is 1. The highest BCUT2D eigenvalue weighted by Gasteiger charge is 2.10. The molecule has 0 saturated carbocycles. The Hall–Kier alpha value is -2.61. The Bertz CT molecular complexity index is 757. The van der Waals surface area contributed by atoms with Gasteiger partial charge in [0.1, 0.15) is 17.2 Å². The Kier molecular flexibility index (Phi) is 6.35. The van der Waals surface area contributed by atoms with Crippen LogP contribution in [0.4, 0.5) is 20.2 Å². The van der Waals surface area contributed by atoms with Gasteiger partial charge in [-0.25, -0.2) is 0 Å². The van der Waals surface area contributed by atoms with E-state index in [1.165, 1.54) is 12.1 Å². The molecule has 8 heteroatoms. The Labute approximate surface area is 149 Å². The molecule has 2 aromatic carbocycles. The lowest BCUT2D eigenvalue weighted by Crippen LogP contribution is -2.20. The Morgan fingerprint density at radius 2 is 1.64 bits per heavy atom. The minimum absolute atomic E-state index is 0.0893. The fourth-order valence-corrected chi connectivity index (χ4v) is 2.36. The number of methoxy groups -OCH3 is 2. The van der Waals surface area contributed by atoms with Gasteiger partial charge in [0.15, 0.2) is 5.11 Å². The second-order valence-electron chi connectivity index (χ2n) is 5.00. The molecule has 134 valence electrons. The van der Waals surface area contributed by atoms with Crippen LogP contribution in [0.25, 0.3) is 0 Å². The minimum atomic E-state index is -2.86. The van der Waals surface area contributed by atoms with Gasteiger partial charge >= 0.3 is 6.61 Å². The molecule has 0 spiro atoms. The van der Waals surface area contributed by atoms with Crippen LogP contribution in [-0.2, 0) is 0 Å². The molecule has 0 unspecified atom stereocenters. The molecule has 0 fully saturated rings. The predicted octanol–water partition coefficient (Wildman–Crippen LogP) is 4.42. The highest BCUT2D eigenvalue weighted by molar-refractivity contribution is 7.80. The second-order valence-corrected chi connectivity index (χ2v) is 5.41. The van der Waals surface area contributed by atoms with Crippen molar-refractivity contribution in [3.63, 3.8) is 0 Å². The average Bonchev–Trinajstić information content (AvgIpc) is 2.56. The van der Waals surface area contributed by atoms with Crippen molar-refractivity contribution >= 4 is 28.7 Å². The molecule has 0 radical (unpaired) electrons. The number of hydrogen-bond donors (Lipinski definition) is 2. The van der Waals surface area contributed by atoms with E-state index in [0.717, 1.165) is 0 Å². The molecule has 2 rings (SSSR count). The van der Waals surface area contributed by atoms with E-state index in [1.54, 1.807) is 45.4 Å². The van der Waals surface area contributed by atoms with Crippen LogP contribution in [0.2, 0.25) is 0 Å². The van der Waals surface area contributed by atoms with Crippen molar-refractivity contribution < 1.29 is 23.0 Å². The molecule has 0 aliphatic heterocycles. The minimum Gasteiger partial charge on any atom is -0.497 e. The summed E-state index contributed by atoms with van der Waals surface area (Å²) in [4.78, 5) is 0. The van der Waals surface area contributed by atoms with Crippen molar-refractivity contribution in [2.45, 2.75) is 13.5 Å². The van der Waals surface area contributed by atoms with Crippen molar-refractivity contribution in [3.05, 3.63) is 42.0 Å². The summed E-state index contributed by atoms with van der Waals surface area (Å²) in [6, 6.07) is 9.83. The first-order valence-corrected chi connectivity index (χ1v) is 7.69. The third kappa shape index (κ3) is 5.18. The summed E-state index contributed by atoms with van der Waals surface area (Å²) in [5.74, 6) is 1.34. The number of ether oxygens (including phenoxy) is 3. The van der Waals surface area contributed by atoms with Crippen molar-refractivity contribution in [2.24, 2.45) is 0 Å². The molecule has 0 amide bonds. The summed E-state index contributed by atoms with van der Waals surface area (Å²) in [5, 5.41) is 6.35. The van der Waals surface area contributed by atoms with E-state index in [0.29, 0.717) is 33.5 Å². The van der Waals surface area contributed by atoms with E-state index < -0.39 is 6.61 Å². The number of benzene rings is 2. The maximum absolute atomic E-state index is 12.2. The number of nitrogens with one attached hydrogen (secondary N) is 2. The van der Waals surface area contributed by atoms with Gasteiger partial charge in [-0.2, -0.15) is 8.78 Å². The summed E-state index contributed by atoms with van der Waals surface area (Å²) in [6.07, 6.45) is 0. The number of thiocarbonyl (C=S) groups is 1. The Balaban J connectivity index is 2.10. The highest BCUT2D eigenvalue weighted by Crippen LogP contribution is 2.29. The third-order valence-corrected chi connectivity index (χ3v) is 3.53. The van der Waals surface area contributed by atoms with E-state index in [2.05, 4.69) is 15.4 Å². The van der Waals surface area contributed by atoms with Gasteiger partial charge in [-0.15, -0.1) is 0 Å². The SMILES string of the molecule is COc1ccc(OC)c(NC(=S)Nc2ccc(OC(F)F)cc2C)c1. The van der Waals surface area contributed by atoms with Gasteiger partial charge in [-0.3, -0.25) is 0 Å². The lowest BCUT2D eigenvalue weighted by atomic mass is 10.2. The maximum atomic E-state index is 12.2. The molecule has 5 nitrogen and oxygen atoms in total. The van der Waals surface area contributed by atoms with Crippen LogP contribution in [0.1, 0.15) is 5.56 Å². The first kappa shape index (κ1) is 18.7. The molecule has 0 bridgehead atoms. The van der Waals surface area contributed by atoms with Gasteiger partial charge < -0.3 is 24.8 Å². The van der Waals surface area contributed by atoms with Crippen molar-refractivity contribution in [1.29, 1.82) is 0 Å². The topological polar surface area (TPSA) is 51.8 Å². The summed E-state index contributed by atoms with van der Waals surface area (Å²) in [6.45, 7) is -1.10. The molecule has 0 aliphatic carbocycles. The van der Waals surface area contributed by atoms with E-state index in [-0.39, 0.29) is 5.75 Å². The van der Waals surface area contributed by atoms with Crippen LogP contribution >= 0.6 is 12.2 Å². The Morgan fingerprint density at radius 1 is 0.960 bits per heavy atom. The molecule has 0 atom stereocenters. The van der Waals surface area contributed by atoms with Gasteiger partial charge in [-0.05, 0) is 55.0 Å².